The normalized spacial score (nSPS) is 23.9. The van der Waals surface area contributed by atoms with Crippen LogP contribution in [0.15, 0.2) is 12.1 Å². The third kappa shape index (κ3) is 2.66. The fourth-order valence-corrected chi connectivity index (χ4v) is 2.55. The Kier molecular flexibility index (Phi) is 3.19. The Hall–Kier alpha value is -1.93. The molecule has 0 saturated heterocycles. The molecule has 1 saturated carbocycles. The smallest absolute Gasteiger partial charge is 0.366 e. The second-order valence-electron chi connectivity index (χ2n) is 4.99. The molecule has 6 nitrogen and oxygen atoms in total. The van der Waals surface area contributed by atoms with Gasteiger partial charge in [0.05, 0.1) is 5.92 Å². The summed E-state index contributed by atoms with van der Waals surface area (Å²) in [7, 11) is 0. The molecule has 1 aliphatic carbocycles. The number of alkyl halides is 3. The van der Waals surface area contributed by atoms with Crippen LogP contribution in [0.2, 0.25) is 0 Å². The molecule has 1 N–H and O–H groups in total. The monoisotopic (exact) mass is 286 g/mol. The van der Waals surface area contributed by atoms with E-state index in [-0.39, 0.29) is 18.9 Å². The number of halogens is 3. The van der Waals surface area contributed by atoms with Crippen LogP contribution in [-0.4, -0.2) is 37.5 Å². The summed E-state index contributed by atoms with van der Waals surface area (Å²) in [6.07, 6.45) is -2.55. The molecule has 0 aliphatic heterocycles. The van der Waals surface area contributed by atoms with Crippen molar-refractivity contribution in [1.29, 1.82) is 0 Å². The van der Waals surface area contributed by atoms with Gasteiger partial charge in [-0.2, -0.15) is 13.2 Å². The van der Waals surface area contributed by atoms with Crippen LogP contribution in [0, 0.1) is 5.92 Å². The molecule has 1 aliphatic rings. The second kappa shape index (κ2) is 4.88. The first-order valence-electron chi connectivity index (χ1n) is 6.41. The number of anilines is 1. The van der Waals surface area contributed by atoms with Gasteiger partial charge in [0.15, 0.2) is 5.65 Å². The van der Waals surface area contributed by atoms with Gasteiger partial charge < -0.3 is 5.32 Å². The van der Waals surface area contributed by atoms with E-state index < -0.39 is 12.1 Å². The van der Waals surface area contributed by atoms with Gasteiger partial charge >= 0.3 is 6.18 Å². The highest BCUT2D eigenvalue weighted by Gasteiger charge is 2.42. The molecule has 2 aromatic heterocycles. The predicted octanol–water partition coefficient (Wildman–Crippen LogP) is 2.05. The third-order valence-electron chi connectivity index (χ3n) is 3.56. The SMILES string of the molecule is FC(F)(F)[C@@H]1CCC[C@@H](Nc2ccc3nnnn3n2)C1. The first-order chi connectivity index (χ1) is 9.52. The van der Waals surface area contributed by atoms with Gasteiger partial charge in [-0.1, -0.05) is 6.42 Å². The van der Waals surface area contributed by atoms with Gasteiger partial charge in [0.1, 0.15) is 5.82 Å². The topological polar surface area (TPSA) is 68.0 Å². The average molecular weight is 286 g/mol. The molecule has 0 unspecified atom stereocenters. The number of hydrogen-bond donors (Lipinski definition) is 1. The number of fused-ring (bicyclic) bond motifs is 1. The highest BCUT2D eigenvalue weighted by atomic mass is 19.4. The summed E-state index contributed by atoms with van der Waals surface area (Å²) in [6.45, 7) is 0. The Bertz CT molecular complexity index is 595. The van der Waals surface area contributed by atoms with Crippen molar-refractivity contribution in [2.75, 3.05) is 5.32 Å². The minimum atomic E-state index is -4.12. The lowest BCUT2D eigenvalue weighted by atomic mass is 9.85. The number of rotatable bonds is 2. The van der Waals surface area contributed by atoms with Crippen LogP contribution in [-0.2, 0) is 0 Å². The van der Waals surface area contributed by atoms with Crippen LogP contribution in [0.3, 0.4) is 0 Å². The van der Waals surface area contributed by atoms with E-state index in [0.717, 1.165) is 0 Å². The van der Waals surface area contributed by atoms with Gasteiger partial charge in [0.2, 0.25) is 0 Å². The fourth-order valence-electron chi connectivity index (χ4n) is 2.55. The fraction of sp³-hybridized carbons (Fsp3) is 0.636. The Morgan fingerprint density at radius 2 is 2.10 bits per heavy atom. The molecule has 9 heteroatoms. The molecule has 0 aromatic carbocycles. The lowest BCUT2D eigenvalue weighted by Crippen LogP contribution is -2.34. The van der Waals surface area contributed by atoms with Crippen molar-refractivity contribution in [1.82, 2.24) is 25.3 Å². The molecular formula is C11H13F3N6. The first kappa shape index (κ1) is 13.1. The van der Waals surface area contributed by atoms with Gasteiger partial charge in [-0.15, -0.1) is 14.8 Å². The molecule has 108 valence electrons. The minimum Gasteiger partial charge on any atom is -0.366 e. The molecule has 0 spiro atoms. The van der Waals surface area contributed by atoms with E-state index in [0.29, 0.717) is 24.3 Å². The minimum absolute atomic E-state index is 0.0822. The summed E-state index contributed by atoms with van der Waals surface area (Å²) in [4.78, 5) is 0. The highest BCUT2D eigenvalue weighted by molar-refractivity contribution is 5.42. The quantitative estimate of drug-likeness (QED) is 0.915. The molecule has 1 fully saturated rings. The zero-order valence-electron chi connectivity index (χ0n) is 10.5. The van der Waals surface area contributed by atoms with Crippen LogP contribution in [0.5, 0.6) is 0 Å². The molecule has 0 bridgehead atoms. The van der Waals surface area contributed by atoms with Gasteiger partial charge in [-0.25, -0.2) is 0 Å². The lowest BCUT2D eigenvalue weighted by molar-refractivity contribution is -0.182. The number of tetrazole rings is 1. The Morgan fingerprint density at radius 1 is 1.25 bits per heavy atom. The lowest BCUT2D eigenvalue weighted by Gasteiger charge is -2.31. The maximum absolute atomic E-state index is 12.7. The third-order valence-corrected chi connectivity index (χ3v) is 3.56. The molecule has 3 rings (SSSR count). The van der Waals surface area contributed by atoms with Crippen LogP contribution >= 0.6 is 0 Å². The van der Waals surface area contributed by atoms with Crippen molar-refractivity contribution < 1.29 is 13.2 Å². The van der Waals surface area contributed by atoms with Crippen LogP contribution in [0.25, 0.3) is 5.65 Å². The maximum atomic E-state index is 12.7. The van der Waals surface area contributed by atoms with Crippen molar-refractivity contribution in [3.05, 3.63) is 12.1 Å². The summed E-state index contributed by atoms with van der Waals surface area (Å²) in [5, 5.41) is 18.0. The van der Waals surface area contributed by atoms with Crippen LogP contribution in [0.4, 0.5) is 19.0 Å². The van der Waals surface area contributed by atoms with Gasteiger partial charge in [-0.3, -0.25) is 0 Å². The van der Waals surface area contributed by atoms with Gasteiger partial charge in [0, 0.05) is 6.04 Å². The van der Waals surface area contributed by atoms with Crippen molar-refractivity contribution in [2.24, 2.45) is 5.92 Å². The highest BCUT2D eigenvalue weighted by Crippen LogP contribution is 2.38. The molecule has 0 amide bonds. The zero-order valence-corrected chi connectivity index (χ0v) is 10.5. The van der Waals surface area contributed by atoms with Crippen molar-refractivity contribution in [3.8, 4) is 0 Å². The van der Waals surface area contributed by atoms with Crippen LogP contribution < -0.4 is 5.32 Å². The van der Waals surface area contributed by atoms with E-state index in [1.807, 2.05) is 0 Å². The molecule has 2 aromatic rings. The van der Waals surface area contributed by atoms with E-state index >= 15 is 0 Å². The number of nitrogens with one attached hydrogen (secondary N) is 1. The average Bonchev–Trinajstić information content (AvgIpc) is 2.85. The zero-order chi connectivity index (χ0) is 14.2. The molecule has 20 heavy (non-hydrogen) atoms. The van der Waals surface area contributed by atoms with Gasteiger partial charge in [0.25, 0.3) is 0 Å². The maximum Gasteiger partial charge on any atom is 0.391 e. The number of hydrogen-bond acceptors (Lipinski definition) is 5. The predicted molar refractivity (Wildman–Crippen MR) is 64.0 cm³/mol. The van der Waals surface area contributed by atoms with E-state index in [1.165, 1.54) is 4.63 Å². The molecule has 0 radical (unpaired) electrons. The summed E-state index contributed by atoms with van der Waals surface area (Å²) in [5.41, 5.74) is 0.493. The van der Waals surface area contributed by atoms with Crippen molar-refractivity contribution in [2.45, 2.75) is 37.9 Å². The summed E-state index contributed by atoms with van der Waals surface area (Å²) in [5.74, 6) is -0.747. The molecule has 2 atom stereocenters. The number of aromatic nitrogens is 5. The van der Waals surface area contributed by atoms with E-state index in [9.17, 15) is 13.2 Å². The summed E-state index contributed by atoms with van der Waals surface area (Å²) < 4.78 is 39.5. The van der Waals surface area contributed by atoms with E-state index in [2.05, 4.69) is 25.9 Å². The summed E-state index contributed by atoms with van der Waals surface area (Å²) >= 11 is 0. The molecule has 2 heterocycles. The second-order valence-corrected chi connectivity index (χ2v) is 4.99. The van der Waals surface area contributed by atoms with Crippen molar-refractivity contribution >= 4 is 11.5 Å². The van der Waals surface area contributed by atoms with Gasteiger partial charge in [-0.05, 0) is 41.8 Å². The largest absolute Gasteiger partial charge is 0.391 e. The Balaban J connectivity index is 1.70. The molecular weight excluding hydrogens is 273 g/mol. The van der Waals surface area contributed by atoms with E-state index in [1.54, 1.807) is 12.1 Å². The first-order valence-corrected chi connectivity index (χ1v) is 6.41. The Labute approximate surface area is 112 Å². The Morgan fingerprint density at radius 3 is 2.90 bits per heavy atom. The van der Waals surface area contributed by atoms with E-state index in [4.69, 9.17) is 0 Å². The van der Waals surface area contributed by atoms with Crippen molar-refractivity contribution in [3.63, 3.8) is 0 Å². The standard InChI is InChI=1S/C11H13F3N6/c12-11(13,14)7-2-1-3-8(6-7)15-9-4-5-10-16-18-19-20(10)17-9/h4-5,7-8H,1-3,6H2,(H,15,17)/t7-,8-/m1/s1. The summed E-state index contributed by atoms with van der Waals surface area (Å²) in [6, 6.07) is 3.11. The number of nitrogens with zero attached hydrogens (tertiary/aromatic N) is 5. The van der Waals surface area contributed by atoms with Crippen LogP contribution in [0.1, 0.15) is 25.7 Å².